The molecule has 4 aromatic rings. The van der Waals surface area contributed by atoms with Crippen LogP contribution in [0.15, 0.2) is 79.8 Å². The number of benzene rings is 2. The number of rotatable bonds is 10. The maximum absolute atomic E-state index is 13.7. The Morgan fingerprint density at radius 1 is 1.05 bits per heavy atom. The molecule has 0 spiro atoms. The SMILES string of the molecule is CN=S(=O)(NC(=O)c1cc(S(=O)(=O)c2ccc3c(cnn3COCC[Si](C)(C)C)c2)c(C)n1C)c1ccccc1. The summed E-state index contributed by atoms with van der Waals surface area (Å²) in [5, 5.41) is 5.03. The van der Waals surface area contributed by atoms with Crippen LogP contribution in [0.5, 0.6) is 0 Å². The van der Waals surface area contributed by atoms with Crippen molar-refractivity contribution in [1.82, 2.24) is 19.1 Å². The van der Waals surface area contributed by atoms with Crippen LogP contribution in [0.4, 0.5) is 0 Å². The van der Waals surface area contributed by atoms with Crippen molar-refractivity contribution in [2.24, 2.45) is 11.4 Å². The van der Waals surface area contributed by atoms with Crippen LogP contribution in [0, 0.1) is 6.92 Å². The molecule has 13 heteroatoms. The molecular weight excluding hydrogens is 567 g/mol. The number of aromatic nitrogens is 3. The second kappa shape index (κ2) is 11.3. The normalized spacial score (nSPS) is 13.8. The largest absolute Gasteiger partial charge is 0.360 e. The topological polar surface area (TPSA) is 125 Å². The van der Waals surface area contributed by atoms with Gasteiger partial charge in [-0.05, 0) is 49.4 Å². The highest BCUT2D eigenvalue weighted by molar-refractivity contribution is 7.92. The molecule has 1 unspecified atom stereocenters. The molecular formula is C27H35N5O5S2Si. The summed E-state index contributed by atoms with van der Waals surface area (Å²) in [4.78, 5) is 13.6. The minimum atomic E-state index is -3.99. The third-order valence-corrected chi connectivity index (χ3v) is 12.2. The smallest absolute Gasteiger partial charge is 0.280 e. The van der Waals surface area contributed by atoms with Gasteiger partial charge in [0.05, 0.1) is 26.4 Å². The van der Waals surface area contributed by atoms with Crippen LogP contribution in [0.2, 0.25) is 25.7 Å². The van der Waals surface area contributed by atoms with Gasteiger partial charge in [0.2, 0.25) is 9.84 Å². The Balaban J connectivity index is 1.59. The lowest BCUT2D eigenvalue weighted by Gasteiger charge is -2.15. The van der Waals surface area contributed by atoms with Crippen LogP contribution in [-0.2, 0) is 38.3 Å². The van der Waals surface area contributed by atoms with Gasteiger partial charge in [0.1, 0.15) is 12.4 Å². The van der Waals surface area contributed by atoms with Crippen LogP contribution in [0.1, 0.15) is 16.2 Å². The average Bonchev–Trinajstić information content (AvgIpc) is 3.46. The number of carbonyl (C=O) groups is 1. The molecule has 40 heavy (non-hydrogen) atoms. The van der Waals surface area contributed by atoms with Crippen molar-refractivity contribution in [1.29, 1.82) is 0 Å². The van der Waals surface area contributed by atoms with E-state index in [-0.39, 0.29) is 22.2 Å². The molecule has 2 heterocycles. The number of sulfone groups is 1. The number of hydrogen-bond acceptors (Lipinski definition) is 7. The fourth-order valence-electron chi connectivity index (χ4n) is 4.15. The second-order valence-corrected chi connectivity index (χ2v) is 20.3. The van der Waals surface area contributed by atoms with E-state index in [9.17, 15) is 17.4 Å². The molecule has 0 bridgehead atoms. The van der Waals surface area contributed by atoms with E-state index in [0.717, 1.165) is 11.6 Å². The maximum atomic E-state index is 13.7. The van der Waals surface area contributed by atoms with E-state index in [1.165, 1.54) is 23.7 Å². The molecule has 1 atom stereocenters. The summed E-state index contributed by atoms with van der Waals surface area (Å²) >= 11 is 0. The standard InChI is InChI=1S/C27H35N5O5S2Si/c1-20-26(17-25(31(20)3)27(33)30-39(36,28-2)22-10-8-7-9-11-22)38(34,35)23-12-13-24-21(16-23)18-29-32(24)19-37-14-15-40(4,5)6/h7-13,16-18H,14-15,19H2,1-6H3,(H,28,30,33,36). The highest BCUT2D eigenvalue weighted by Gasteiger charge is 2.28. The summed E-state index contributed by atoms with van der Waals surface area (Å²) in [6, 6.07) is 15.5. The third kappa shape index (κ3) is 6.07. The number of fused-ring (bicyclic) bond motifs is 1. The predicted octanol–water partition coefficient (Wildman–Crippen LogP) is 4.63. The molecule has 2 aromatic heterocycles. The first-order chi connectivity index (χ1) is 18.8. The summed E-state index contributed by atoms with van der Waals surface area (Å²) < 4.78 is 56.2. The molecule has 10 nitrogen and oxygen atoms in total. The molecule has 0 radical (unpaired) electrons. The van der Waals surface area contributed by atoms with Gasteiger partial charge in [-0.3, -0.25) is 9.52 Å². The molecule has 0 aliphatic carbocycles. The van der Waals surface area contributed by atoms with E-state index in [2.05, 4.69) is 33.8 Å². The van der Waals surface area contributed by atoms with Crippen molar-refractivity contribution in [2.45, 2.75) is 54.0 Å². The quantitative estimate of drug-likeness (QED) is 0.209. The number of nitrogens with zero attached hydrogens (tertiary/aromatic N) is 4. The lowest BCUT2D eigenvalue weighted by molar-refractivity contribution is 0.0817. The molecule has 214 valence electrons. The number of ether oxygens (including phenoxy) is 1. The van der Waals surface area contributed by atoms with Crippen molar-refractivity contribution >= 4 is 44.6 Å². The molecule has 0 fully saturated rings. The first-order valence-electron chi connectivity index (χ1n) is 12.7. The zero-order valence-corrected chi connectivity index (χ0v) is 26.2. The van der Waals surface area contributed by atoms with Gasteiger partial charge in [-0.25, -0.2) is 21.7 Å². The minimum Gasteiger partial charge on any atom is -0.360 e. The number of hydrogen-bond donors (Lipinski definition) is 1. The highest BCUT2D eigenvalue weighted by atomic mass is 32.2. The van der Waals surface area contributed by atoms with Crippen LogP contribution in [0.25, 0.3) is 10.9 Å². The van der Waals surface area contributed by atoms with E-state index in [0.29, 0.717) is 22.6 Å². The van der Waals surface area contributed by atoms with Crippen LogP contribution < -0.4 is 4.72 Å². The molecule has 1 amide bonds. The predicted molar refractivity (Wildman–Crippen MR) is 158 cm³/mol. The van der Waals surface area contributed by atoms with Crippen molar-refractivity contribution in [3.05, 3.63) is 72.2 Å². The molecule has 1 N–H and O–H groups in total. The second-order valence-electron chi connectivity index (χ2n) is 10.7. The van der Waals surface area contributed by atoms with Gasteiger partial charge in [0.15, 0.2) is 9.92 Å². The molecule has 0 aliphatic rings. The van der Waals surface area contributed by atoms with Gasteiger partial charge in [-0.2, -0.15) is 5.10 Å². The van der Waals surface area contributed by atoms with Gasteiger partial charge in [0, 0.05) is 39.9 Å². The molecule has 4 rings (SSSR count). The molecule has 2 aromatic carbocycles. The van der Waals surface area contributed by atoms with Crippen molar-refractivity contribution < 1.29 is 22.2 Å². The minimum absolute atomic E-state index is 0.0128. The Morgan fingerprint density at radius 2 is 1.75 bits per heavy atom. The summed E-state index contributed by atoms with van der Waals surface area (Å²) in [5.41, 5.74) is 1.18. The summed E-state index contributed by atoms with van der Waals surface area (Å²) in [7, 11) is -5.49. The number of amides is 1. The lowest BCUT2D eigenvalue weighted by Crippen LogP contribution is -2.31. The van der Waals surface area contributed by atoms with Gasteiger partial charge in [-0.15, -0.1) is 0 Å². The lowest BCUT2D eigenvalue weighted by atomic mass is 10.2. The number of nitrogens with one attached hydrogen (secondary N) is 1. The van der Waals surface area contributed by atoms with E-state index >= 15 is 0 Å². The molecule has 0 saturated carbocycles. The average molecular weight is 602 g/mol. The monoisotopic (exact) mass is 601 g/mol. The maximum Gasteiger partial charge on any atom is 0.280 e. The Morgan fingerprint density at radius 3 is 2.40 bits per heavy atom. The van der Waals surface area contributed by atoms with E-state index < -0.39 is 33.7 Å². The van der Waals surface area contributed by atoms with E-state index in [1.54, 1.807) is 67.3 Å². The Labute approximate surface area is 236 Å². The van der Waals surface area contributed by atoms with Gasteiger partial charge in [0.25, 0.3) is 5.91 Å². The van der Waals surface area contributed by atoms with Crippen molar-refractivity contribution in [3.8, 4) is 0 Å². The van der Waals surface area contributed by atoms with Gasteiger partial charge in [-0.1, -0.05) is 37.8 Å². The fraction of sp³-hybridized carbons (Fsp3) is 0.333. The Bertz CT molecular complexity index is 1780. The molecule has 0 saturated heterocycles. The van der Waals surface area contributed by atoms with Crippen LogP contribution >= 0.6 is 0 Å². The fourth-order valence-corrected chi connectivity index (χ4v) is 7.78. The summed E-state index contributed by atoms with van der Waals surface area (Å²) in [6.07, 6.45) is 1.61. The van der Waals surface area contributed by atoms with Crippen LogP contribution in [0.3, 0.4) is 0 Å². The Kier molecular flexibility index (Phi) is 8.40. The zero-order valence-electron chi connectivity index (χ0n) is 23.5. The van der Waals surface area contributed by atoms with Gasteiger partial charge >= 0.3 is 0 Å². The molecule has 0 aliphatic heterocycles. The first kappa shape index (κ1) is 29.7. The van der Waals surface area contributed by atoms with Crippen molar-refractivity contribution in [2.75, 3.05) is 13.7 Å². The van der Waals surface area contributed by atoms with Crippen LogP contribution in [-0.4, -0.2) is 54.6 Å². The van der Waals surface area contributed by atoms with Crippen molar-refractivity contribution in [3.63, 3.8) is 0 Å². The zero-order chi connectivity index (χ0) is 29.3. The first-order valence-corrected chi connectivity index (χ1v) is 19.4. The summed E-state index contributed by atoms with van der Waals surface area (Å²) in [5.74, 6) is -0.697. The number of carbonyl (C=O) groups excluding carboxylic acids is 1. The third-order valence-electron chi connectivity index (χ3n) is 6.70. The van der Waals surface area contributed by atoms with E-state index in [4.69, 9.17) is 4.74 Å². The summed E-state index contributed by atoms with van der Waals surface area (Å²) in [6.45, 7) is 9.42. The van der Waals surface area contributed by atoms with E-state index in [1.807, 2.05) is 0 Å². The Hall–Kier alpha value is -3.26. The highest BCUT2D eigenvalue weighted by Crippen LogP contribution is 2.29. The van der Waals surface area contributed by atoms with Gasteiger partial charge < -0.3 is 9.30 Å².